The Bertz CT molecular complexity index is 222. The molecule has 13 heavy (non-hydrogen) atoms. The molecule has 0 bridgehead atoms. The molecule has 0 radical (unpaired) electrons. The van der Waals surface area contributed by atoms with Gasteiger partial charge in [-0.2, -0.15) is 5.26 Å². The monoisotopic (exact) mass is 185 g/mol. The van der Waals surface area contributed by atoms with Crippen LogP contribution in [0, 0.1) is 11.3 Å². The summed E-state index contributed by atoms with van der Waals surface area (Å²) in [6.45, 7) is 0.321. The molecule has 72 valence electrons. The lowest BCUT2D eigenvalue weighted by Crippen LogP contribution is -2.28. The van der Waals surface area contributed by atoms with Crippen molar-refractivity contribution in [3.63, 3.8) is 0 Å². The van der Waals surface area contributed by atoms with E-state index in [1.54, 1.807) is 6.07 Å². The molecule has 3 N–H and O–H groups in total. The zero-order chi connectivity index (χ0) is 10.1. The molecular formula is C7H11N3O3. The second kappa shape index (κ2) is 7.06. The lowest BCUT2D eigenvalue weighted by Gasteiger charge is -2.02. The minimum atomic E-state index is -0.552. The van der Waals surface area contributed by atoms with Crippen LogP contribution in [0.15, 0.2) is 0 Å². The van der Waals surface area contributed by atoms with Gasteiger partial charge in [-0.05, 0) is 0 Å². The summed E-state index contributed by atoms with van der Waals surface area (Å²) >= 11 is 0. The molecule has 0 heterocycles. The summed E-state index contributed by atoms with van der Waals surface area (Å²) in [4.78, 5) is 20.8. The smallest absolute Gasteiger partial charge is 0.243 e. The van der Waals surface area contributed by atoms with Crippen molar-refractivity contribution in [1.29, 1.82) is 5.26 Å². The van der Waals surface area contributed by atoms with Crippen molar-refractivity contribution in [2.24, 2.45) is 5.73 Å². The van der Waals surface area contributed by atoms with Gasteiger partial charge in [-0.25, -0.2) is 0 Å². The number of amides is 2. The van der Waals surface area contributed by atoms with E-state index in [9.17, 15) is 9.59 Å². The Kier molecular flexibility index (Phi) is 6.19. The van der Waals surface area contributed by atoms with Gasteiger partial charge in [0, 0.05) is 6.54 Å². The Morgan fingerprint density at radius 3 is 2.77 bits per heavy atom. The quantitative estimate of drug-likeness (QED) is 0.492. The van der Waals surface area contributed by atoms with E-state index in [1.165, 1.54) is 0 Å². The highest BCUT2D eigenvalue weighted by Gasteiger charge is 1.98. The second-order valence-corrected chi connectivity index (χ2v) is 2.20. The lowest BCUT2D eigenvalue weighted by molar-refractivity contribution is -0.122. The van der Waals surface area contributed by atoms with Crippen molar-refractivity contribution in [3.05, 3.63) is 0 Å². The molecule has 6 nitrogen and oxygen atoms in total. The fraction of sp³-hybridized carbons (Fsp3) is 0.571. The first-order valence-electron chi connectivity index (χ1n) is 3.66. The predicted molar refractivity (Wildman–Crippen MR) is 43.3 cm³/mol. The molecule has 0 spiro atoms. The number of rotatable bonds is 6. The maximum Gasteiger partial charge on any atom is 0.243 e. The predicted octanol–water partition coefficient (Wildman–Crippen LogP) is -1.48. The summed E-state index contributed by atoms with van der Waals surface area (Å²) in [5.41, 5.74) is 4.79. The average Bonchev–Trinajstić information content (AvgIpc) is 2.03. The van der Waals surface area contributed by atoms with Gasteiger partial charge in [-0.1, -0.05) is 0 Å². The highest BCUT2D eigenvalue weighted by molar-refractivity contribution is 5.77. The number of nitrogens with one attached hydrogen (secondary N) is 1. The van der Waals surface area contributed by atoms with E-state index in [0.717, 1.165) is 0 Å². The third-order valence-electron chi connectivity index (χ3n) is 1.05. The molecule has 0 rings (SSSR count). The van der Waals surface area contributed by atoms with Crippen molar-refractivity contribution in [3.8, 4) is 6.07 Å². The maximum atomic E-state index is 10.7. The summed E-state index contributed by atoms with van der Waals surface area (Å²) in [7, 11) is 0. The summed E-state index contributed by atoms with van der Waals surface area (Å²) in [5.74, 6) is -0.909. The molecule has 0 aliphatic heterocycles. The van der Waals surface area contributed by atoms with E-state index >= 15 is 0 Å². The van der Waals surface area contributed by atoms with Crippen LogP contribution in [0.3, 0.4) is 0 Å². The molecular weight excluding hydrogens is 174 g/mol. The van der Waals surface area contributed by atoms with Gasteiger partial charge in [0.05, 0.1) is 12.7 Å². The third kappa shape index (κ3) is 8.29. The molecule has 2 amide bonds. The van der Waals surface area contributed by atoms with Gasteiger partial charge < -0.3 is 15.8 Å². The Hall–Kier alpha value is -1.61. The Morgan fingerprint density at radius 1 is 1.54 bits per heavy atom. The van der Waals surface area contributed by atoms with Gasteiger partial charge in [0.1, 0.15) is 13.0 Å². The summed E-state index contributed by atoms with van der Waals surface area (Å²) < 4.78 is 4.75. The molecule has 0 atom stereocenters. The van der Waals surface area contributed by atoms with Crippen LogP contribution in [0.1, 0.15) is 6.42 Å². The van der Waals surface area contributed by atoms with Gasteiger partial charge in [-0.15, -0.1) is 0 Å². The maximum absolute atomic E-state index is 10.7. The Balaban J connectivity index is 3.22. The summed E-state index contributed by atoms with van der Waals surface area (Å²) in [6, 6.07) is 1.70. The first-order valence-corrected chi connectivity index (χ1v) is 3.66. The number of carbonyl (C=O) groups excluding carboxylic acids is 2. The number of hydrogen-bond acceptors (Lipinski definition) is 4. The van der Waals surface area contributed by atoms with Crippen LogP contribution < -0.4 is 11.1 Å². The number of nitriles is 1. The number of primary amides is 1. The lowest BCUT2D eigenvalue weighted by atomic mass is 10.4. The van der Waals surface area contributed by atoms with Crippen molar-refractivity contribution in [2.75, 3.05) is 19.8 Å². The van der Waals surface area contributed by atoms with Crippen LogP contribution >= 0.6 is 0 Å². The number of ether oxygens (including phenoxy) is 1. The molecule has 0 aromatic carbocycles. The fourth-order valence-corrected chi connectivity index (χ4v) is 0.570. The van der Waals surface area contributed by atoms with E-state index in [1.807, 2.05) is 0 Å². The summed E-state index contributed by atoms with van der Waals surface area (Å²) in [5, 5.41) is 10.5. The molecule has 0 fully saturated rings. The van der Waals surface area contributed by atoms with Crippen molar-refractivity contribution < 1.29 is 14.3 Å². The van der Waals surface area contributed by atoms with Crippen LogP contribution in [0.4, 0.5) is 0 Å². The van der Waals surface area contributed by atoms with Gasteiger partial charge >= 0.3 is 0 Å². The largest absolute Gasteiger partial charge is 0.370 e. The number of hydrogen-bond donors (Lipinski definition) is 2. The molecule has 0 saturated carbocycles. The van der Waals surface area contributed by atoms with Crippen LogP contribution in [0.25, 0.3) is 0 Å². The van der Waals surface area contributed by atoms with Gasteiger partial charge in [-0.3, -0.25) is 9.59 Å². The van der Waals surface area contributed by atoms with Gasteiger partial charge in [0.25, 0.3) is 0 Å². The average molecular weight is 185 g/mol. The normalized spacial score (nSPS) is 8.85. The van der Waals surface area contributed by atoms with Crippen LogP contribution in [-0.2, 0) is 14.3 Å². The number of carbonyl (C=O) groups is 2. The summed E-state index contributed by atoms with van der Waals surface area (Å²) in [6.07, 6.45) is -0.171. The van der Waals surface area contributed by atoms with E-state index in [4.69, 9.17) is 15.7 Å². The Morgan fingerprint density at radius 2 is 2.23 bits per heavy atom. The zero-order valence-corrected chi connectivity index (χ0v) is 7.08. The second-order valence-electron chi connectivity index (χ2n) is 2.20. The van der Waals surface area contributed by atoms with E-state index in [2.05, 4.69) is 5.32 Å². The molecule has 0 aliphatic carbocycles. The highest BCUT2D eigenvalue weighted by atomic mass is 16.5. The zero-order valence-electron chi connectivity index (χ0n) is 7.08. The fourth-order valence-electron chi connectivity index (χ4n) is 0.570. The van der Waals surface area contributed by atoms with Crippen LogP contribution in [-0.4, -0.2) is 31.6 Å². The molecule has 6 heteroatoms. The highest BCUT2D eigenvalue weighted by Crippen LogP contribution is 1.76. The molecule has 0 unspecified atom stereocenters. The minimum Gasteiger partial charge on any atom is -0.370 e. The molecule has 0 aromatic rings. The number of nitrogens with zero attached hydrogens (tertiary/aromatic N) is 1. The molecule has 0 aromatic heterocycles. The van der Waals surface area contributed by atoms with Crippen LogP contribution in [0.2, 0.25) is 0 Å². The first-order chi connectivity index (χ1) is 6.16. The standard InChI is InChI=1S/C7H11N3O3/c8-2-1-7(12)10-3-4-13-5-6(9)11/h1,3-5H2,(H2,9,11)(H,10,12). The Labute approximate surface area is 75.6 Å². The topological polar surface area (TPSA) is 105 Å². The van der Waals surface area contributed by atoms with Crippen molar-refractivity contribution in [1.82, 2.24) is 5.32 Å². The van der Waals surface area contributed by atoms with E-state index < -0.39 is 5.91 Å². The number of nitrogens with two attached hydrogens (primary N) is 1. The first kappa shape index (κ1) is 11.4. The van der Waals surface area contributed by atoms with E-state index in [0.29, 0.717) is 0 Å². The minimum absolute atomic E-state index is 0.159. The van der Waals surface area contributed by atoms with Crippen molar-refractivity contribution >= 4 is 11.8 Å². The van der Waals surface area contributed by atoms with Gasteiger partial charge in [0.2, 0.25) is 11.8 Å². The van der Waals surface area contributed by atoms with Crippen molar-refractivity contribution in [2.45, 2.75) is 6.42 Å². The van der Waals surface area contributed by atoms with Gasteiger partial charge in [0.15, 0.2) is 0 Å². The molecule has 0 saturated heterocycles. The van der Waals surface area contributed by atoms with Crippen LogP contribution in [0.5, 0.6) is 0 Å². The van der Waals surface area contributed by atoms with E-state index in [-0.39, 0.29) is 32.1 Å². The molecule has 0 aliphatic rings. The third-order valence-corrected chi connectivity index (χ3v) is 1.05. The SMILES string of the molecule is N#CCC(=O)NCCOCC(N)=O.